The lowest BCUT2D eigenvalue weighted by Gasteiger charge is -2.10. The Kier molecular flexibility index (Phi) is 12.4. The number of hydrogen-bond acceptors (Lipinski definition) is 5. The van der Waals surface area contributed by atoms with Crippen molar-refractivity contribution >= 4 is 23.7 Å². The molecule has 1 N–H and O–H groups in total. The van der Waals surface area contributed by atoms with Crippen molar-refractivity contribution in [2.24, 2.45) is 11.8 Å². The number of ketones is 2. The zero-order valence-corrected chi connectivity index (χ0v) is 20.4. The Bertz CT molecular complexity index is 1010. The number of unbranched alkanes of at least 4 members (excludes halogenated alkanes) is 2. The fourth-order valence-corrected chi connectivity index (χ4v) is 3.67. The SMILES string of the molecule is CC(C)CCCCCC(=O)c1ccc(Cc2cccc(C(=O)C(C)C)c2)cc1C(=O)O.O=C=O. The van der Waals surface area contributed by atoms with Crippen LogP contribution in [-0.4, -0.2) is 28.8 Å². The molecule has 0 atom stereocenters. The van der Waals surface area contributed by atoms with Crippen LogP contribution < -0.4 is 0 Å². The van der Waals surface area contributed by atoms with Crippen molar-refractivity contribution in [1.29, 1.82) is 0 Å². The molecule has 0 amide bonds. The zero-order valence-electron chi connectivity index (χ0n) is 20.4. The summed E-state index contributed by atoms with van der Waals surface area (Å²) in [5.41, 5.74) is 2.74. The van der Waals surface area contributed by atoms with Gasteiger partial charge in [0.15, 0.2) is 11.6 Å². The predicted molar refractivity (Wildman–Crippen MR) is 129 cm³/mol. The highest BCUT2D eigenvalue weighted by Gasteiger charge is 2.17. The highest BCUT2D eigenvalue weighted by atomic mass is 16.4. The first-order valence-corrected chi connectivity index (χ1v) is 11.6. The van der Waals surface area contributed by atoms with Gasteiger partial charge in [-0.1, -0.05) is 77.3 Å². The minimum atomic E-state index is -1.09. The van der Waals surface area contributed by atoms with Crippen molar-refractivity contribution < 1.29 is 29.1 Å². The van der Waals surface area contributed by atoms with Crippen LogP contribution in [0.3, 0.4) is 0 Å². The highest BCUT2D eigenvalue weighted by molar-refractivity contribution is 6.06. The van der Waals surface area contributed by atoms with Gasteiger partial charge in [-0.2, -0.15) is 9.59 Å². The molecule has 0 radical (unpaired) electrons. The number of rotatable bonds is 12. The number of carboxylic acids is 1. The van der Waals surface area contributed by atoms with Gasteiger partial charge >= 0.3 is 12.1 Å². The van der Waals surface area contributed by atoms with Crippen molar-refractivity contribution in [3.8, 4) is 0 Å². The third kappa shape index (κ3) is 9.63. The smallest absolute Gasteiger partial charge is 0.373 e. The van der Waals surface area contributed by atoms with Gasteiger partial charge in [-0.25, -0.2) is 4.79 Å². The van der Waals surface area contributed by atoms with E-state index < -0.39 is 5.97 Å². The maximum Gasteiger partial charge on any atom is 0.373 e. The maximum atomic E-state index is 12.6. The molecule has 182 valence electrons. The maximum absolute atomic E-state index is 12.6. The fraction of sp³-hybridized carbons (Fsp3) is 0.429. The van der Waals surface area contributed by atoms with E-state index in [0.717, 1.165) is 36.8 Å². The molecule has 6 nitrogen and oxygen atoms in total. The van der Waals surface area contributed by atoms with Crippen molar-refractivity contribution in [1.82, 2.24) is 0 Å². The lowest BCUT2D eigenvalue weighted by Crippen LogP contribution is -2.10. The van der Waals surface area contributed by atoms with Crippen molar-refractivity contribution in [3.05, 3.63) is 70.3 Å². The van der Waals surface area contributed by atoms with Crippen LogP contribution in [0.2, 0.25) is 0 Å². The van der Waals surface area contributed by atoms with E-state index in [9.17, 15) is 19.5 Å². The largest absolute Gasteiger partial charge is 0.478 e. The standard InChI is InChI=1S/C27H34O4.CO2/c1-18(2)9-6-5-7-12-25(28)23-14-13-21(17-24(23)27(30)31)15-20-10-8-11-22(16-20)26(29)19(3)4;2-1-3/h8,10-11,13-14,16-19H,5-7,9,12,15H2,1-4H3,(H,30,31);. The minimum Gasteiger partial charge on any atom is -0.478 e. The topological polar surface area (TPSA) is 106 Å². The first-order chi connectivity index (χ1) is 16.1. The summed E-state index contributed by atoms with van der Waals surface area (Å²) in [4.78, 5) is 52.9. The molecule has 0 fully saturated rings. The molecule has 34 heavy (non-hydrogen) atoms. The molecule has 0 saturated carbocycles. The molecule has 0 bridgehead atoms. The lowest BCUT2D eigenvalue weighted by atomic mass is 9.93. The van der Waals surface area contributed by atoms with E-state index in [1.54, 1.807) is 18.2 Å². The van der Waals surface area contributed by atoms with Crippen LogP contribution in [-0.2, 0) is 16.0 Å². The summed E-state index contributed by atoms with van der Waals surface area (Å²) in [5.74, 6) is -0.537. The highest BCUT2D eigenvalue weighted by Crippen LogP contribution is 2.20. The Balaban J connectivity index is 0.00000182. The zero-order chi connectivity index (χ0) is 25.7. The van der Waals surface area contributed by atoms with E-state index in [0.29, 0.717) is 24.3 Å². The van der Waals surface area contributed by atoms with E-state index in [1.807, 2.05) is 38.1 Å². The van der Waals surface area contributed by atoms with Gasteiger partial charge < -0.3 is 5.11 Å². The molecule has 2 aromatic rings. The summed E-state index contributed by atoms with van der Waals surface area (Å²) in [6.07, 6.45) is 5.13. The van der Waals surface area contributed by atoms with E-state index in [2.05, 4.69) is 13.8 Å². The average Bonchev–Trinajstić information content (AvgIpc) is 2.78. The Morgan fingerprint density at radius 3 is 2.09 bits per heavy atom. The molecule has 0 aromatic heterocycles. The van der Waals surface area contributed by atoms with Gasteiger partial charge in [-0.05, 0) is 42.0 Å². The van der Waals surface area contributed by atoms with E-state index in [4.69, 9.17) is 9.59 Å². The average molecular weight is 467 g/mol. The Morgan fingerprint density at radius 1 is 0.853 bits per heavy atom. The second-order valence-corrected chi connectivity index (χ2v) is 9.08. The first kappa shape index (κ1) is 28.7. The van der Waals surface area contributed by atoms with Crippen LogP contribution in [0.25, 0.3) is 0 Å². The number of aromatic carboxylic acids is 1. The summed E-state index contributed by atoms with van der Waals surface area (Å²) < 4.78 is 0. The normalized spacial score (nSPS) is 10.4. The lowest BCUT2D eigenvalue weighted by molar-refractivity contribution is -0.191. The van der Waals surface area contributed by atoms with Crippen LogP contribution in [0.5, 0.6) is 0 Å². The third-order valence-electron chi connectivity index (χ3n) is 5.44. The van der Waals surface area contributed by atoms with Crippen LogP contribution >= 0.6 is 0 Å². The molecule has 0 aliphatic carbocycles. The molecule has 0 spiro atoms. The number of carboxylic acid groups (broad SMARTS) is 1. The molecular formula is C28H34O6. The van der Waals surface area contributed by atoms with Crippen LogP contribution in [0.4, 0.5) is 0 Å². The molecule has 0 unspecified atom stereocenters. The molecule has 0 saturated heterocycles. The van der Waals surface area contributed by atoms with Crippen LogP contribution in [0.15, 0.2) is 42.5 Å². The summed E-state index contributed by atoms with van der Waals surface area (Å²) in [6.45, 7) is 8.11. The van der Waals surface area contributed by atoms with E-state index >= 15 is 0 Å². The predicted octanol–water partition coefficient (Wildman–Crippen LogP) is 6.02. The van der Waals surface area contributed by atoms with Gasteiger partial charge in [-0.15, -0.1) is 0 Å². The molecule has 0 heterocycles. The van der Waals surface area contributed by atoms with Crippen LogP contribution in [0.1, 0.15) is 102 Å². The van der Waals surface area contributed by atoms with Gasteiger partial charge in [0.05, 0.1) is 5.56 Å². The molecule has 2 rings (SSSR count). The monoisotopic (exact) mass is 466 g/mol. The Hall–Kier alpha value is -3.37. The molecule has 6 heteroatoms. The third-order valence-corrected chi connectivity index (χ3v) is 5.44. The molecular weight excluding hydrogens is 432 g/mol. The molecule has 0 aliphatic heterocycles. The van der Waals surface area contributed by atoms with Gasteiger partial charge in [0.2, 0.25) is 0 Å². The van der Waals surface area contributed by atoms with E-state index in [1.165, 1.54) is 0 Å². The van der Waals surface area contributed by atoms with Gasteiger partial charge in [0.25, 0.3) is 0 Å². The fourth-order valence-electron chi connectivity index (χ4n) is 3.67. The second-order valence-electron chi connectivity index (χ2n) is 9.08. The Morgan fingerprint density at radius 2 is 1.50 bits per heavy atom. The molecule has 0 aliphatic rings. The minimum absolute atomic E-state index is 0.0547. The molecule has 2 aromatic carbocycles. The van der Waals surface area contributed by atoms with Crippen molar-refractivity contribution in [2.45, 2.75) is 66.2 Å². The quantitative estimate of drug-likeness (QED) is 0.303. The Labute approximate surface area is 201 Å². The number of carbonyl (C=O) groups excluding carboxylic acids is 4. The van der Waals surface area contributed by atoms with Gasteiger partial charge in [0.1, 0.15) is 0 Å². The van der Waals surface area contributed by atoms with Gasteiger partial charge in [0, 0.05) is 23.5 Å². The summed E-state index contributed by atoms with van der Waals surface area (Å²) in [7, 11) is 0. The second kappa shape index (κ2) is 14.7. The number of carbonyl (C=O) groups is 3. The van der Waals surface area contributed by atoms with Crippen molar-refractivity contribution in [2.75, 3.05) is 0 Å². The number of Topliss-reactive ketones (excluding diaryl/α,β-unsaturated/α-hetero) is 2. The first-order valence-electron chi connectivity index (χ1n) is 11.6. The summed E-state index contributed by atoms with van der Waals surface area (Å²) in [5, 5.41) is 9.66. The van der Waals surface area contributed by atoms with Gasteiger partial charge in [-0.3, -0.25) is 9.59 Å². The number of hydrogen-bond donors (Lipinski definition) is 1. The van der Waals surface area contributed by atoms with E-state index in [-0.39, 0.29) is 34.8 Å². The summed E-state index contributed by atoms with van der Waals surface area (Å²) in [6, 6.07) is 12.5. The van der Waals surface area contributed by atoms with Crippen molar-refractivity contribution in [3.63, 3.8) is 0 Å². The van der Waals surface area contributed by atoms with Crippen LogP contribution in [0, 0.1) is 11.8 Å². The number of benzene rings is 2. The summed E-state index contributed by atoms with van der Waals surface area (Å²) >= 11 is 0.